The van der Waals surface area contributed by atoms with Gasteiger partial charge in [-0.25, -0.2) is 0 Å². The fourth-order valence-electron chi connectivity index (χ4n) is 3.35. The summed E-state index contributed by atoms with van der Waals surface area (Å²) in [6.07, 6.45) is 6.91. The lowest BCUT2D eigenvalue weighted by Gasteiger charge is -2.40. The van der Waals surface area contributed by atoms with Crippen LogP contribution >= 0.6 is 0 Å². The molecule has 0 N–H and O–H groups in total. The second-order valence-electron chi connectivity index (χ2n) is 5.95. The summed E-state index contributed by atoms with van der Waals surface area (Å²) in [5.41, 5.74) is 3.37. The molecule has 1 saturated carbocycles. The second-order valence-corrected chi connectivity index (χ2v) is 5.95. The minimum Gasteiger partial charge on any atom is -0.309 e. The minimum absolute atomic E-state index is 0.410. The third-order valence-corrected chi connectivity index (χ3v) is 4.06. The first-order chi connectivity index (χ1) is 8.12. The summed E-state index contributed by atoms with van der Waals surface area (Å²) in [6, 6.07) is 9.16. The van der Waals surface area contributed by atoms with E-state index in [2.05, 4.69) is 50.2 Å². The Balaban J connectivity index is 2.31. The lowest BCUT2D eigenvalue weighted by atomic mass is 9.69. The van der Waals surface area contributed by atoms with Gasteiger partial charge in [-0.1, -0.05) is 49.1 Å². The van der Waals surface area contributed by atoms with Crippen molar-refractivity contribution in [2.75, 3.05) is 20.6 Å². The number of rotatable bonds is 3. The van der Waals surface area contributed by atoms with E-state index in [-0.39, 0.29) is 0 Å². The smallest absolute Gasteiger partial charge is 0.00801 e. The average molecular weight is 231 g/mol. The molecule has 1 aromatic rings. The Kier molecular flexibility index (Phi) is 3.88. The van der Waals surface area contributed by atoms with E-state index in [4.69, 9.17) is 0 Å². The van der Waals surface area contributed by atoms with Gasteiger partial charge in [-0.15, -0.1) is 0 Å². The fourth-order valence-corrected chi connectivity index (χ4v) is 3.35. The van der Waals surface area contributed by atoms with E-state index < -0.39 is 0 Å². The van der Waals surface area contributed by atoms with Crippen molar-refractivity contribution in [3.05, 3.63) is 35.4 Å². The van der Waals surface area contributed by atoms with Crippen LogP contribution in [0.15, 0.2) is 24.3 Å². The number of aryl methyl sites for hydroxylation is 1. The van der Waals surface area contributed by atoms with Gasteiger partial charge in [-0.05, 0) is 39.4 Å². The van der Waals surface area contributed by atoms with Gasteiger partial charge in [0.25, 0.3) is 0 Å². The maximum Gasteiger partial charge on any atom is 0.00801 e. The van der Waals surface area contributed by atoms with Gasteiger partial charge < -0.3 is 4.90 Å². The van der Waals surface area contributed by atoms with Crippen molar-refractivity contribution < 1.29 is 0 Å². The maximum atomic E-state index is 2.40. The summed E-state index contributed by atoms with van der Waals surface area (Å²) >= 11 is 0. The first-order valence-corrected chi connectivity index (χ1v) is 6.84. The molecule has 1 fully saturated rings. The summed E-state index contributed by atoms with van der Waals surface area (Å²) in [5.74, 6) is 0. The largest absolute Gasteiger partial charge is 0.309 e. The molecular formula is C16H25N. The van der Waals surface area contributed by atoms with Gasteiger partial charge in [0, 0.05) is 12.0 Å². The monoisotopic (exact) mass is 231 g/mol. The predicted molar refractivity (Wildman–Crippen MR) is 74.5 cm³/mol. The van der Waals surface area contributed by atoms with Gasteiger partial charge >= 0.3 is 0 Å². The Morgan fingerprint density at radius 2 is 1.82 bits per heavy atom. The van der Waals surface area contributed by atoms with Crippen molar-refractivity contribution >= 4 is 0 Å². The molecule has 2 rings (SSSR count). The Bertz CT molecular complexity index is 362. The van der Waals surface area contributed by atoms with E-state index in [9.17, 15) is 0 Å². The van der Waals surface area contributed by atoms with Gasteiger partial charge in [-0.2, -0.15) is 0 Å². The zero-order valence-electron chi connectivity index (χ0n) is 11.5. The van der Waals surface area contributed by atoms with Crippen molar-refractivity contribution in [3.8, 4) is 0 Å². The molecule has 17 heavy (non-hydrogen) atoms. The lowest BCUT2D eigenvalue weighted by Crippen LogP contribution is -2.39. The van der Waals surface area contributed by atoms with Gasteiger partial charge in [-0.3, -0.25) is 0 Å². The van der Waals surface area contributed by atoms with Crippen LogP contribution in [0, 0.1) is 6.92 Å². The zero-order chi connectivity index (χ0) is 12.3. The normalized spacial score (nSPS) is 19.5. The lowest BCUT2D eigenvalue weighted by molar-refractivity contribution is 0.216. The van der Waals surface area contributed by atoms with E-state index >= 15 is 0 Å². The van der Waals surface area contributed by atoms with Crippen LogP contribution in [0.3, 0.4) is 0 Å². The molecule has 0 aromatic heterocycles. The van der Waals surface area contributed by atoms with Crippen LogP contribution in [-0.2, 0) is 5.41 Å². The van der Waals surface area contributed by atoms with Crippen molar-refractivity contribution in [2.24, 2.45) is 0 Å². The fraction of sp³-hybridized carbons (Fsp3) is 0.625. The molecule has 0 radical (unpaired) electrons. The molecule has 0 unspecified atom stereocenters. The van der Waals surface area contributed by atoms with Gasteiger partial charge in [0.05, 0.1) is 0 Å². The van der Waals surface area contributed by atoms with Crippen molar-refractivity contribution in [1.82, 2.24) is 4.90 Å². The molecule has 1 nitrogen and oxygen atoms in total. The molecule has 1 aliphatic carbocycles. The molecule has 0 atom stereocenters. The third kappa shape index (κ3) is 2.90. The summed E-state index contributed by atoms with van der Waals surface area (Å²) in [7, 11) is 4.40. The molecule has 0 aliphatic heterocycles. The average Bonchev–Trinajstić information content (AvgIpc) is 2.29. The van der Waals surface area contributed by atoms with Crippen LogP contribution in [0.1, 0.15) is 43.2 Å². The highest BCUT2D eigenvalue weighted by atomic mass is 15.1. The molecule has 0 bridgehead atoms. The first kappa shape index (κ1) is 12.6. The Labute approximate surface area is 106 Å². The van der Waals surface area contributed by atoms with Crippen LogP contribution < -0.4 is 0 Å². The number of hydrogen-bond donors (Lipinski definition) is 0. The van der Waals surface area contributed by atoms with Crippen molar-refractivity contribution in [1.29, 1.82) is 0 Å². The van der Waals surface area contributed by atoms with E-state index in [0.29, 0.717) is 5.41 Å². The SMILES string of the molecule is Cc1cccc(C2(CN(C)C)CCCCC2)c1. The number of likely N-dealkylation sites (N-methyl/N-ethyl adjacent to an activating group) is 1. The molecule has 0 heterocycles. The van der Waals surface area contributed by atoms with Crippen LogP contribution in [0.4, 0.5) is 0 Å². The maximum absolute atomic E-state index is 2.40. The quantitative estimate of drug-likeness (QED) is 0.765. The topological polar surface area (TPSA) is 3.24 Å². The van der Waals surface area contributed by atoms with Crippen molar-refractivity contribution in [2.45, 2.75) is 44.4 Å². The molecule has 1 aliphatic rings. The number of benzene rings is 1. The standard InChI is InChI=1S/C16H25N/c1-14-8-7-9-15(12-14)16(13-17(2)3)10-5-4-6-11-16/h7-9,12H,4-6,10-11,13H2,1-3H3. The summed E-state index contributed by atoms with van der Waals surface area (Å²) in [5, 5.41) is 0. The van der Waals surface area contributed by atoms with Crippen LogP contribution in [0.5, 0.6) is 0 Å². The predicted octanol–water partition coefficient (Wildman–Crippen LogP) is 3.76. The summed E-state index contributed by atoms with van der Waals surface area (Å²) in [6.45, 7) is 3.39. The number of hydrogen-bond acceptors (Lipinski definition) is 1. The zero-order valence-corrected chi connectivity index (χ0v) is 11.5. The van der Waals surface area contributed by atoms with Gasteiger partial charge in [0.2, 0.25) is 0 Å². The minimum atomic E-state index is 0.410. The van der Waals surface area contributed by atoms with Gasteiger partial charge in [0.15, 0.2) is 0 Å². The molecule has 0 spiro atoms. The Morgan fingerprint density at radius 3 is 2.41 bits per heavy atom. The Hall–Kier alpha value is -0.820. The van der Waals surface area contributed by atoms with E-state index in [1.807, 2.05) is 0 Å². The van der Waals surface area contributed by atoms with Crippen LogP contribution in [-0.4, -0.2) is 25.5 Å². The molecule has 1 aromatic carbocycles. The highest BCUT2D eigenvalue weighted by molar-refractivity contribution is 5.30. The van der Waals surface area contributed by atoms with E-state index in [1.54, 1.807) is 5.56 Å². The second kappa shape index (κ2) is 5.22. The molecule has 1 heteroatoms. The van der Waals surface area contributed by atoms with E-state index in [0.717, 1.165) is 0 Å². The van der Waals surface area contributed by atoms with E-state index in [1.165, 1.54) is 44.2 Å². The Morgan fingerprint density at radius 1 is 1.12 bits per heavy atom. The first-order valence-electron chi connectivity index (χ1n) is 6.84. The summed E-state index contributed by atoms with van der Waals surface area (Å²) in [4.78, 5) is 2.35. The molecule has 0 amide bonds. The highest BCUT2D eigenvalue weighted by Crippen LogP contribution is 2.40. The highest BCUT2D eigenvalue weighted by Gasteiger charge is 2.34. The number of nitrogens with zero attached hydrogens (tertiary/aromatic N) is 1. The summed E-state index contributed by atoms with van der Waals surface area (Å²) < 4.78 is 0. The molecule has 94 valence electrons. The van der Waals surface area contributed by atoms with Crippen molar-refractivity contribution in [3.63, 3.8) is 0 Å². The van der Waals surface area contributed by atoms with Crippen LogP contribution in [0.25, 0.3) is 0 Å². The molecular weight excluding hydrogens is 206 g/mol. The van der Waals surface area contributed by atoms with Gasteiger partial charge in [0.1, 0.15) is 0 Å². The van der Waals surface area contributed by atoms with Crippen LogP contribution in [0.2, 0.25) is 0 Å². The molecule has 0 saturated heterocycles. The third-order valence-electron chi connectivity index (χ3n) is 4.06.